The summed E-state index contributed by atoms with van der Waals surface area (Å²) in [6, 6.07) is 26.7. The monoisotopic (exact) mass is 440 g/mol. The molecule has 0 aliphatic carbocycles. The van der Waals surface area contributed by atoms with Crippen LogP contribution in [-0.4, -0.2) is 34.9 Å². The molecular weight excluding hydrogens is 410 g/mol. The number of aliphatic imine (C=N–C) groups is 1. The van der Waals surface area contributed by atoms with Gasteiger partial charge in [-0.15, -0.1) is 0 Å². The average molecular weight is 441 g/mol. The Hall–Kier alpha value is -3.70. The highest BCUT2D eigenvalue weighted by Gasteiger charge is 2.38. The quantitative estimate of drug-likeness (QED) is 0.403. The fourth-order valence-electron chi connectivity index (χ4n) is 4.35. The second-order valence-corrected chi connectivity index (χ2v) is 8.15. The molecule has 0 fully saturated rings. The molecular formula is C28H30N3O2+. The number of hydrazone groups is 1. The molecule has 5 heteroatoms. The van der Waals surface area contributed by atoms with Crippen LogP contribution < -0.4 is 10.6 Å². The van der Waals surface area contributed by atoms with Crippen molar-refractivity contribution in [3.63, 3.8) is 0 Å². The number of aliphatic hydroxyl groups excluding tert-OH is 1. The normalized spacial score (nSPS) is 14.8. The zero-order valence-corrected chi connectivity index (χ0v) is 19.1. The van der Waals surface area contributed by atoms with Crippen molar-refractivity contribution in [3.8, 4) is 5.75 Å². The summed E-state index contributed by atoms with van der Waals surface area (Å²) in [5, 5.41) is 9.71. The molecule has 0 atom stereocenters. The predicted octanol–water partition coefficient (Wildman–Crippen LogP) is 4.38. The standard InChI is InChI=1S/C28H30N3O2/c1-20-13-14-25(33-2)24(17-20)18-30-27-23(15-16-32)19-31(29)28(27)26(21-9-5-3-6-10-21)22-11-7-4-8-12-22/h3-14,17,19,26,32H,15-16,18,29H2,1-2H3/q+1. The Morgan fingerprint density at radius 2 is 1.61 bits per heavy atom. The fourth-order valence-corrected chi connectivity index (χ4v) is 4.35. The molecule has 0 saturated heterocycles. The first-order valence-electron chi connectivity index (χ1n) is 11.1. The molecule has 5 nitrogen and oxygen atoms in total. The molecule has 0 aromatic heterocycles. The summed E-state index contributed by atoms with van der Waals surface area (Å²) < 4.78 is 7.23. The van der Waals surface area contributed by atoms with E-state index in [0.717, 1.165) is 45.0 Å². The number of ether oxygens (including phenoxy) is 1. The van der Waals surface area contributed by atoms with Crippen molar-refractivity contribution in [2.75, 3.05) is 13.7 Å². The number of hydrogen-bond acceptors (Lipinski definition) is 4. The predicted molar refractivity (Wildman–Crippen MR) is 133 cm³/mol. The minimum atomic E-state index is -0.0944. The van der Waals surface area contributed by atoms with Gasteiger partial charge in [0.1, 0.15) is 11.5 Å². The van der Waals surface area contributed by atoms with Gasteiger partial charge in [-0.25, -0.2) is 5.84 Å². The third-order valence-electron chi connectivity index (χ3n) is 5.88. The van der Waals surface area contributed by atoms with Crippen LogP contribution in [0.1, 0.15) is 34.6 Å². The van der Waals surface area contributed by atoms with Gasteiger partial charge in [0, 0.05) is 18.6 Å². The summed E-state index contributed by atoms with van der Waals surface area (Å²) in [5.74, 6) is 7.26. The van der Waals surface area contributed by atoms with E-state index in [1.165, 1.54) is 0 Å². The highest BCUT2D eigenvalue weighted by Crippen LogP contribution is 2.31. The van der Waals surface area contributed by atoms with Crippen LogP contribution in [0.5, 0.6) is 5.75 Å². The van der Waals surface area contributed by atoms with E-state index in [-0.39, 0.29) is 12.5 Å². The van der Waals surface area contributed by atoms with E-state index in [4.69, 9.17) is 15.6 Å². The Kier molecular flexibility index (Phi) is 7.01. The third kappa shape index (κ3) is 4.89. The third-order valence-corrected chi connectivity index (χ3v) is 5.88. The molecule has 168 valence electrons. The van der Waals surface area contributed by atoms with Gasteiger partial charge in [-0.3, -0.25) is 4.99 Å². The fraction of sp³-hybridized carbons (Fsp3) is 0.214. The van der Waals surface area contributed by atoms with E-state index in [1.807, 2.05) is 54.7 Å². The van der Waals surface area contributed by atoms with E-state index in [1.54, 1.807) is 11.8 Å². The molecule has 0 spiro atoms. The van der Waals surface area contributed by atoms with E-state index >= 15 is 0 Å². The average Bonchev–Trinajstić information content (AvgIpc) is 3.14. The summed E-state index contributed by atoms with van der Waals surface area (Å²) in [7, 11) is 1.67. The van der Waals surface area contributed by atoms with Crippen LogP contribution in [-0.2, 0) is 6.54 Å². The molecule has 3 aromatic carbocycles. The van der Waals surface area contributed by atoms with Crippen molar-refractivity contribution in [1.29, 1.82) is 0 Å². The van der Waals surface area contributed by atoms with Gasteiger partial charge in [0.05, 0.1) is 25.1 Å². The van der Waals surface area contributed by atoms with Crippen molar-refractivity contribution >= 4 is 11.4 Å². The number of methoxy groups -OCH3 is 1. The molecule has 0 bridgehead atoms. The Balaban J connectivity index is 1.82. The van der Waals surface area contributed by atoms with Crippen LogP contribution in [0.25, 0.3) is 0 Å². The number of aliphatic hydroxyl groups is 1. The summed E-state index contributed by atoms with van der Waals surface area (Å²) in [4.78, 5) is 5.05. The molecule has 3 N–H and O–H groups in total. The van der Waals surface area contributed by atoms with Crippen molar-refractivity contribution < 1.29 is 14.5 Å². The molecule has 1 aliphatic rings. The molecule has 33 heavy (non-hydrogen) atoms. The minimum absolute atomic E-state index is 0.0288. The van der Waals surface area contributed by atoms with Crippen LogP contribution in [0.15, 0.2) is 95.6 Å². The van der Waals surface area contributed by atoms with Gasteiger partial charge >= 0.3 is 0 Å². The molecule has 1 aliphatic heterocycles. The minimum Gasteiger partial charge on any atom is -0.496 e. The van der Waals surface area contributed by atoms with Gasteiger partial charge in [-0.1, -0.05) is 83.0 Å². The summed E-state index contributed by atoms with van der Waals surface area (Å²) >= 11 is 0. The number of nitrogens with two attached hydrogens (primary N) is 1. The number of aryl methyl sites for hydroxylation is 1. The number of hydrazine groups is 1. The highest BCUT2D eigenvalue weighted by atomic mass is 16.5. The number of nitrogens with zero attached hydrogens (tertiary/aromatic N) is 2. The van der Waals surface area contributed by atoms with Crippen LogP contribution in [0.3, 0.4) is 0 Å². The number of benzene rings is 3. The van der Waals surface area contributed by atoms with Crippen molar-refractivity contribution in [3.05, 3.63) is 113 Å². The zero-order valence-electron chi connectivity index (χ0n) is 19.1. The summed E-state index contributed by atoms with van der Waals surface area (Å²) in [6.45, 7) is 2.54. The van der Waals surface area contributed by atoms with E-state index in [9.17, 15) is 5.11 Å². The van der Waals surface area contributed by atoms with Gasteiger partial charge < -0.3 is 9.84 Å². The van der Waals surface area contributed by atoms with E-state index < -0.39 is 0 Å². The highest BCUT2D eigenvalue weighted by molar-refractivity contribution is 6.49. The Bertz CT molecular complexity index is 1160. The topological polar surface area (TPSA) is 70.8 Å². The van der Waals surface area contributed by atoms with Gasteiger partial charge in [-0.2, -0.15) is 0 Å². The second kappa shape index (κ2) is 10.3. The lowest BCUT2D eigenvalue weighted by atomic mass is 9.84. The molecule has 3 aromatic rings. The van der Waals surface area contributed by atoms with E-state index in [2.05, 4.69) is 37.3 Å². The first kappa shape index (κ1) is 22.5. The maximum atomic E-state index is 9.71. The Labute approximate surface area is 195 Å². The lowest BCUT2D eigenvalue weighted by Crippen LogP contribution is -2.31. The van der Waals surface area contributed by atoms with Crippen molar-refractivity contribution in [2.24, 2.45) is 10.8 Å². The van der Waals surface area contributed by atoms with Gasteiger partial charge in [0.2, 0.25) is 11.9 Å². The summed E-state index contributed by atoms with van der Waals surface area (Å²) in [6.07, 6.45) is 2.37. The second-order valence-electron chi connectivity index (χ2n) is 8.15. The Morgan fingerprint density at radius 3 is 2.18 bits per heavy atom. The summed E-state index contributed by atoms with van der Waals surface area (Å²) in [5.41, 5.74) is 7.09. The Morgan fingerprint density at radius 1 is 0.970 bits per heavy atom. The first-order valence-corrected chi connectivity index (χ1v) is 11.1. The van der Waals surface area contributed by atoms with Gasteiger partial charge in [-0.05, 0) is 24.1 Å². The zero-order chi connectivity index (χ0) is 23.2. The molecule has 0 amide bonds. The van der Waals surface area contributed by atoms with Crippen molar-refractivity contribution in [1.82, 2.24) is 0 Å². The van der Waals surface area contributed by atoms with Crippen molar-refractivity contribution in [2.45, 2.75) is 25.8 Å². The number of rotatable bonds is 8. The molecule has 0 radical (unpaired) electrons. The lowest BCUT2D eigenvalue weighted by molar-refractivity contribution is -0.466. The van der Waals surface area contributed by atoms with Gasteiger partial charge in [0.15, 0.2) is 0 Å². The first-order chi connectivity index (χ1) is 16.1. The lowest BCUT2D eigenvalue weighted by Gasteiger charge is -2.17. The van der Waals surface area contributed by atoms with Crippen LogP contribution >= 0.6 is 0 Å². The largest absolute Gasteiger partial charge is 0.496 e. The van der Waals surface area contributed by atoms with Crippen LogP contribution in [0.2, 0.25) is 0 Å². The maximum Gasteiger partial charge on any atom is 0.248 e. The van der Waals surface area contributed by atoms with Crippen LogP contribution in [0, 0.1) is 6.92 Å². The van der Waals surface area contributed by atoms with E-state index in [0.29, 0.717) is 13.0 Å². The molecule has 0 unspecified atom stereocenters. The number of hydrogen-bond donors (Lipinski definition) is 2. The molecule has 1 heterocycles. The van der Waals surface area contributed by atoms with Crippen LogP contribution in [0.4, 0.5) is 0 Å². The SMILES string of the molecule is COc1ccc(C)cc1CN=C1C(CCO)=C[N+](N)=C1C(c1ccccc1)c1ccccc1. The maximum absolute atomic E-state index is 9.71. The van der Waals surface area contributed by atoms with Gasteiger partial charge in [0.25, 0.3) is 0 Å². The smallest absolute Gasteiger partial charge is 0.248 e. The molecule has 4 rings (SSSR count). The molecule has 0 saturated carbocycles.